The van der Waals surface area contributed by atoms with Crippen LogP contribution in [0.3, 0.4) is 0 Å². The number of nitrogens with one attached hydrogen (secondary N) is 1. The predicted octanol–water partition coefficient (Wildman–Crippen LogP) is 1.52. The molecular weight excluding hydrogens is 238 g/mol. The quantitative estimate of drug-likeness (QED) is 0.809. The highest BCUT2D eigenvalue weighted by molar-refractivity contribution is 7.89. The van der Waals surface area contributed by atoms with Crippen molar-refractivity contribution >= 4 is 15.7 Å². The van der Waals surface area contributed by atoms with Crippen molar-refractivity contribution in [3.8, 4) is 0 Å². The van der Waals surface area contributed by atoms with E-state index in [1.54, 1.807) is 6.07 Å². The van der Waals surface area contributed by atoms with Crippen LogP contribution in [0.15, 0.2) is 23.4 Å². The highest BCUT2D eigenvalue weighted by atomic mass is 32.2. The van der Waals surface area contributed by atoms with Crippen molar-refractivity contribution in [1.82, 2.24) is 9.71 Å². The molecule has 0 saturated heterocycles. The molecule has 1 unspecified atom stereocenters. The summed E-state index contributed by atoms with van der Waals surface area (Å²) in [6, 6.07) is 3.02. The third kappa shape index (κ3) is 3.98. The number of anilines is 1. The van der Waals surface area contributed by atoms with E-state index >= 15 is 0 Å². The average molecular weight is 257 g/mol. The second kappa shape index (κ2) is 5.97. The molecule has 3 N–H and O–H groups in total. The molecule has 0 saturated carbocycles. The minimum absolute atomic E-state index is 0.0941. The number of pyridine rings is 1. The fourth-order valence-corrected chi connectivity index (χ4v) is 2.85. The molecule has 17 heavy (non-hydrogen) atoms. The lowest BCUT2D eigenvalue weighted by Crippen LogP contribution is -2.33. The summed E-state index contributed by atoms with van der Waals surface area (Å²) in [5.74, 6) is 0. The van der Waals surface area contributed by atoms with Crippen LogP contribution < -0.4 is 10.5 Å². The van der Waals surface area contributed by atoms with E-state index in [-0.39, 0.29) is 16.8 Å². The number of nitrogen functional groups attached to an aromatic ring is 1. The summed E-state index contributed by atoms with van der Waals surface area (Å²) >= 11 is 0. The highest BCUT2D eigenvalue weighted by Crippen LogP contribution is 2.14. The Bertz CT molecular complexity index is 460. The number of hydrogen-bond donors (Lipinski definition) is 2. The molecule has 0 fully saturated rings. The van der Waals surface area contributed by atoms with Crippen molar-refractivity contribution in [3.63, 3.8) is 0 Å². The predicted molar refractivity (Wildman–Crippen MR) is 68.0 cm³/mol. The maximum atomic E-state index is 12.0. The Hall–Kier alpha value is -1.14. The Morgan fingerprint density at radius 3 is 2.82 bits per heavy atom. The van der Waals surface area contributed by atoms with Crippen LogP contribution in [-0.2, 0) is 10.0 Å². The third-order valence-electron chi connectivity index (χ3n) is 2.40. The van der Waals surface area contributed by atoms with Gasteiger partial charge < -0.3 is 5.73 Å². The van der Waals surface area contributed by atoms with Crippen molar-refractivity contribution in [2.24, 2.45) is 0 Å². The van der Waals surface area contributed by atoms with Gasteiger partial charge in [-0.05, 0) is 25.5 Å². The van der Waals surface area contributed by atoms with E-state index in [1.165, 1.54) is 12.3 Å². The molecule has 5 nitrogen and oxygen atoms in total. The molecule has 0 radical (unpaired) electrons. The van der Waals surface area contributed by atoms with Crippen LogP contribution in [0.5, 0.6) is 0 Å². The minimum Gasteiger partial charge on any atom is -0.396 e. The number of rotatable bonds is 6. The summed E-state index contributed by atoms with van der Waals surface area (Å²) in [7, 11) is -3.61. The van der Waals surface area contributed by atoms with Gasteiger partial charge >= 0.3 is 0 Å². The first-order valence-electron chi connectivity index (χ1n) is 5.70. The average Bonchev–Trinajstić information content (AvgIpc) is 2.26. The molecule has 1 aromatic rings. The van der Waals surface area contributed by atoms with Gasteiger partial charge in [0.05, 0.1) is 5.69 Å². The Balaban J connectivity index is 2.79. The van der Waals surface area contributed by atoms with Crippen LogP contribution >= 0.6 is 0 Å². The van der Waals surface area contributed by atoms with Gasteiger partial charge in [0.2, 0.25) is 0 Å². The van der Waals surface area contributed by atoms with Crippen molar-refractivity contribution in [2.75, 3.05) is 5.73 Å². The number of hydrogen-bond acceptors (Lipinski definition) is 4. The number of sulfonamides is 1. The smallest absolute Gasteiger partial charge is 0.260 e. The third-order valence-corrected chi connectivity index (χ3v) is 3.97. The van der Waals surface area contributed by atoms with E-state index in [0.717, 1.165) is 19.3 Å². The Morgan fingerprint density at radius 1 is 1.53 bits per heavy atom. The van der Waals surface area contributed by atoms with Crippen molar-refractivity contribution in [3.05, 3.63) is 18.3 Å². The summed E-state index contributed by atoms with van der Waals surface area (Å²) in [5, 5.41) is -0.0941. The fourth-order valence-electron chi connectivity index (χ4n) is 1.52. The first-order valence-corrected chi connectivity index (χ1v) is 7.18. The molecule has 1 heterocycles. The SMILES string of the molecule is CCCCC(C)NS(=O)(=O)c1ncccc1N. The van der Waals surface area contributed by atoms with Gasteiger partial charge in [0.25, 0.3) is 10.0 Å². The largest absolute Gasteiger partial charge is 0.396 e. The number of unbranched alkanes of at least 4 members (excludes halogenated alkanes) is 1. The van der Waals surface area contributed by atoms with Crippen LogP contribution in [-0.4, -0.2) is 19.4 Å². The maximum absolute atomic E-state index is 12.0. The van der Waals surface area contributed by atoms with Crippen molar-refractivity contribution in [2.45, 2.75) is 44.2 Å². The maximum Gasteiger partial charge on any atom is 0.260 e. The number of nitrogens with two attached hydrogens (primary N) is 1. The van der Waals surface area contributed by atoms with Crippen LogP contribution in [0.4, 0.5) is 5.69 Å². The van der Waals surface area contributed by atoms with Gasteiger partial charge in [-0.15, -0.1) is 0 Å². The Kier molecular flexibility index (Phi) is 4.89. The molecule has 96 valence electrons. The number of nitrogens with zero attached hydrogens (tertiary/aromatic N) is 1. The monoisotopic (exact) mass is 257 g/mol. The number of aromatic nitrogens is 1. The summed E-state index contributed by atoms with van der Waals surface area (Å²) in [4.78, 5) is 3.81. The van der Waals surface area contributed by atoms with Gasteiger partial charge in [-0.25, -0.2) is 18.1 Å². The molecule has 1 aromatic heterocycles. The van der Waals surface area contributed by atoms with Crippen LogP contribution in [0.25, 0.3) is 0 Å². The standard InChI is InChI=1S/C11H19N3O2S/c1-3-4-6-9(2)14-17(15,16)11-10(12)7-5-8-13-11/h5,7-9,14H,3-4,6,12H2,1-2H3. The van der Waals surface area contributed by atoms with Gasteiger partial charge in [0, 0.05) is 12.2 Å². The normalized spacial score (nSPS) is 13.5. The molecule has 0 spiro atoms. The van der Waals surface area contributed by atoms with Gasteiger partial charge in [0.15, 0.2) is 5.03 Å². The molecule has 1 atom stereocenters. The lowest BCUT2D eigenvalue weighted by molar-refractivity contribution is 0.532. The first-order chi connectivity index (χ1) is 7.97. The summed E-state index contributed by atoms with van der Waals surface area (Å²) < 4.78 is 26.5. The molecule has 0 aromatic carbocycles. The van der Waals surface area contributed by atoms with E-state index < -0.39 is 10.0 Å². The van der Waals surface area contributed by atoms with E-state index in [9.17, 15) is 8.42 Å². The van der Waals surface area contributed by atoms with E-state index in [4.69, 9.17) is 5.73 Å². The molecule has 0 bridgehead atoms. The molecule has 0 amide bonds. The molecule has 0 aliphatic rings. The van der Waals surface area contributed by atoms with Crippen LogP contribution in [0, 0.1) is 0 Å². The molecule has 0 aliphatic heterocycles. The molecular formula is C11H19N3O2S. The lowest BCUT2D eigenvalue weighted by atomic mass is 10.2. The Morgan fingerprint density at radius 2 is 2.24 bits per heavy atom. The first kappa shape index (κ1) is 13.9. The summed E-state index contributed by atoms with van der Waals surface area (Å²) in [6.07, 6.45) is 4.25. The zero-order chi connectivity index (χ0) is 12.9. The zero-order valence-corrected chi connectivity index (χ0v) is 11.0. The molecule has 1 rings (SSSR count). The van der Waals surface area contributed by atoms with Crippen molar-refractivity contribution in [1.29, 1.82) is 0 Å². The van der Waals surface area contributed by atoms with Gasteiger partial charge in [-0.2, -0.15) is 0 Å². The highest BCUT2D eigenvalue weighted by Gasteiger charge is 2.20. The van der Waals surface area contributed by atoms with E-state index in [1.807, 2.05) is 6.92 Å². The van der Waals surface area contributed by atoms with Crippen LogP contribution in [0.2, 0.25) is 0 Å². The molecule has 6 heteroatoms. The van der Waals surface area contributed by atoms with Gasteiger partial charge in [-0.3, -0.25) is 0 Å². The summed E-state index contributed by atoms with van der Waals surface area (Å²) in [5.41, 5.74) is 5.77. The topological polar surface area (TPSA) is 85.1 Å². The minimum atomic E-state index is -3.61. The van der Waals surface area contributed by atoms with Gasteiger partial charge in [-0.1, -0.05) is 19.8 Å². The van der Waals surface area contributed by atoms with E-state index in [0.29, 0.717) is 0 Å². The van der Waals surface area contributed by atoms with Gasteiger partial charge in [0.1, 0.15) is 0 Å². The van der Waals surface area contributed by atoms with E-state index in [2.05, 4.69) is 16.6 Å². The lowest BCUT2D eigenvalue weighted by Gasteiger charge is -2.13. The second-order valence-corrected chi connectivity index (χ2v) is 5.69. The van der Waals surface area contributed by atoms with Crippen molar-refractivity contribution < 1.29 is 8.42 Å². The zero-order valence-electron chi connectivity index (χ0n) is 10.2. The molecule has 0 aliphatic carbocycles. The summed E-state index contributed by atoms with van der Waals surface area (Å²) in [6.45, 7) is 3.91. The Labute approximate surface area is 102 Å². The fraction of sp³-hybridized carbons (Fsp3) is 0.545. The van der Waals surface area contributed by atoms with Crippen LogP contribution in [0.1, 0.15) is 33.1 Å². The second-order valence-electron chi connectivity index (χ2n) is 4.06.